The molecule has 0 spiro atoms. The SMILES string of the molecule is Cc1c(-c2ccccc2)nc2ccc(Br)cc2c1C(=O)NC12CCC(C(=O)O)(CC1)CC2c1ccc(F)cc1. The summed E-state index contributed by atoms with van der Waals surface area (Å²) in [5.41, 5.74) is 3.14. The number of benzene rings is 3. The molecule has 3 aromatic carbocycles. The highest BCUT2D eigenvalue weighted by Crippen LogP contribution is 2.59. The quantitative estimate of drug-likeness (QED) is 0.255. The van der Waals surface area contributed by atoms with Crippen LogP contribution in [-0.2, 0) is 4.79 Å². The monoisotopic (exact) mass is 586 g/mol. The molecule has 39 heavy (non-hydrogen) atoms. The van der Waals surface area contributed by atoms with E-state index in [1.807, 2.05) is 55.5 Å². The molecule has 1 unspecified atom stereocenters. The van der Waals surface area contributed by atoms with Gasteiger partial charge in [-0.15, -0.1) is 0 Å². The van der Waals surface area contributed by atoms with Gasteiger partial charge in [0, 0.05) is 26.9 Å². The molecule has 2 bridgehead atoms. The predicted octanol–water partition coefficient (Wildman–Crippen LogP) is 7.41. The van der Waals surface area contributed by atoms with Crippen molar-refractivity contribution >= 4 is 38.7 Å². The van der Waals surface area contributed by atoms with E-state index in [0.717, 1.165) is 37.8 Å². The smallest absolute Gasteiger partial charge is 0.309 e. The zero-order valence-corrected chi connectivity index (χ0v) is 23.1. The number of carbonyl (C=O) groups is 2. The van der Waals surface area contributed by atoms with E-state index in [1.165, 1.54) is 12.1 Å². The fourth-order valence-corrected chi connectivity index (χ4v) is 7.11. The molecule has 0 saturated heterocycles. The number of nitrogens with one attached hydrogen (secondary N) is 1. The Morgan fingerprint density at radius 2 is 1.69 bits per heavy atom. The molecule has 3 aliphatic rings. The minimum absolute atomic E-state index is 0.202. The van der Waals surface area contributed by atoms with Gasteiger partial charge < -0.3 is 10.4 Å². The molecule has 7 heteroatoms. The number of rotatable bonds is 5. The molecule has 2 N–H and O–H groups in total. The summed E-state index contributed by atoms with van der Waals surface area (Å²) in [4.78, 5) is 31.6. The van der Waals surface area contributed by atoms with Gasteiger partial charge in [0.2, 0.25) is 0 Å². The first kappa shape index (κ1) is 25.7. The van der Waals surface area contributed by atoms with E-state index in [0.29, 0.717) is 37.7 Å². The van der Waals surface area contributed by atoms with Crippen LogP contribution in [0, 0.1) is 18.2 Å². The van der Waals surface area contributed by atoms with E-state index in [4.69, 9.17) is 4.98 Å². The van der Waals surface area contributed by atoms with Crippen LogP contribution < -0.4 is 5.32 Å². The van der Waals surface area contributed by atoms with Gasteiger partial charge in [-0.05, 0) is 80.5 Å². The molecule has 4 aromatic rings. The van der Waals surface area contributed by atoms with E-state index in [9.17, 15) is 19.1 Å². The molecule has 3 aliphatic carbocycles. The van der Waals surface area contributed by atoms with Crippen molar-refractivity contribution in [3.8, 4) is 11.3 Å². The fourth-order valence-electron chi connectivity index (χ4n) is 6.75. The van der Waals surface area contributed by atoms with Crippen molar-refractivity contribution in [2.75, 3.05) is 0 Å². The van der Waals surface area contributed by atoms with Crippen molar-refractivity contribution in [1.82, 2.24) is 10.3 Å². The highest BCUT2D eigenvalue weighted by molar-refractivity contribution is 9.10. The largest absolute Gasteiger partial charge is 0.481 e. The lowest BCUT2D eigenvalue weighted by atomic mass is 9.51. The van der Waals surface area contributed by atoms with Crippen LogP contribution >= 0.6 is 15.9 Å². The highest BCUT2D eigenvalue weighted by atomic mass is 79.9. The maximum atomic E-state index is 14.3. The fraction of sp³-hybridized carbons (Fsp3) is 0.281. The van der Waals surface area contributed by atoms with Gasteiger partial charge in [0.05, 0.1) is 22.2 Å². The van der Waals surface area contributed by atoms with Gasteiger partial charge in [-0.3, -0.25) is 9.59 Å². The molecule has 0 aliphatic heterocycles. The first-order chi connectivity index (χ1) is 18.7. The number of halogens is 2. The molecule has 1 amide bonds. The van der Waals surface area contributed by atoms with Crippen LogP contribution in [-0.4, -0.2) is 27.5 Å². The Bertz CT molecular complexity index is 1600. The summed E-state index contributed by atoms with van der Waals surface area (Å²) in [5.74, 6) is -1.58. The first-order valence-electron chi connectivity index (χ1n) is 13.2. The van der Waals surface area contributed by atoms with Crippen molar-refractivity contribution in [2.24, 2.45) is 5.41 Å². The molecule has 0 radical (unpaired) electrons. The summed E-state index contributed by atoms with van der Waals surface area (Å²) in [6.45, 7) is 1.93. The summed E-state index contributed by atoms with van der Waals surface area (Å²) in [7, 11) is 0. The molecule has 3 saturated carbocycles. The number of hydrogen-bond donors (Lipinski definition) is 2. The number of aromatic nitrogens is 1. The number of nitrogens with zero attached hydrogens (tertiary/aromatic N) is 1. The maximum Gasteiger partial charge on any atom is 0.309 e. The molecular weight excluding hydrogens is 559 g/mol. The number of carbonyl (C=O) groups excluding carboxylic acids is 1. The van der Waals surface area contributed by atoms with Crippen LogP contribution in [0.5, 0.6) is 0 Å². The van der Waals surface area contributed by atoms with Crippen LogP contribution in [0.1, 0.15) is 59.5 Å². The normalized spacial score (nSPS) is 24.0. The third-order valence-electron chi connectivity index (χ3n) is 8.91. The van der Waals surface area contributed by atoms with Gasteiger partial charge in [-0.1, -0.05) is 58.4 Å². The van der Waals surface area contributed by atoms with E-state index in [2.05, 4.69) is 21.2 Å². The minimum atomic E-state index is -0.823. The van der Waals surface area contributed by atoms with Crippen LogP contribution in [0.3, 0.4) is 0 Å². The molecule has 198 valence electrons. The van der Waals surface area contributed by atoms with E-state index >= 15 is 0 Å². The van der Waals surface area contributed by atoms with E-state index in [-0.39, 0.29) is 17.6 Å². The Kier molecular flexibility index (Phi) is 6.29. The van der Waals surface area contributed by atoms with Crippen LogP contribution in [0.15, 0.2) is 77.3 Å². The lowest BCUT2D eigenvalue weighted by molar-refractivity contribution is -0.157. The lowest BCUT2D eigenvalue weighted by Crippen LogP contribution is -2.62. The zero-order valence-electron chi connectivity index (χ0n) is 21.5. The number of pyridine rings is 1. The van der Waals surface area contributed by atoms with Crippen LogP contribution in [0.25, 0.3) is 22.2 Å². The topological polar surface area (TPSA) is 79.3 Å². The van der Waals surface area contributed by atoms with Crippen molar-refractivity contribution in [3.05, 3.63) is 99.8 Å². The Hall–Kier alpha value is -3.58. The number of carboxylic acid groups (broad SMARTS) is 1. The standard InChI is InChI=1S/C32H28BrFN2O3/c1-19-27(24-17-22(33)9-12-26(24)35-28(19)21-5-3-2-4-6-21)29(37)36-32-15-13-31(14-16-32,30(38)39)18-25(32)20-7-10-23(34)11-8-20/h2-12,17,25H,13-16,18H2,1H3,(H,36,37)(H,38,39). The third kappa shape index (κ3) is 4.33. The van der Waals surface area contributed by atoms with Gasteiger partial charge >= 0.3 is 5.97 Å². The molecule has 1 atom stereocenters. The van der Waals surface area contributed by atoms with Crippen molar-refractivity contribution < 1.29 is 19.1 Å². The Labute approximate surface area is 234 Å². The molecule has 3 fully saturated rings. The van der Waals surface area contributed by atoms with Crippen LogP contribution in [0.4, 0.5) is 4.39 Å². The molecule has 5 nitrogen and oxygen atoms in total. The number of carboxylic acids is 1. The molecule has 1 aromatic heterocycles. The van der Waals surface area contributed by atoms with E-state index in [1.54, 1.807) is 12.1 Å². The summed E-state index contributed by atoms with van der Waals surface area (Å²) >= 11 is 3.55. The number of hydrogen-bond acceptors (Lipinski definition) is 3. The lowest BCUT2D eigenvalue weighted by Gasteiger charge is -2.56. The van der Waals surface area contributed by atoms with Crippen molar-refractivity contribution in [2.45, 2.75) is 50.5 Å². The third-order valence-corrected chi connectivity index (χ3v) is 9.41. The second-order valence-corrected chi connectivity index (χ2v) is 11.9. The second kappa shape index (κ2) is 9.56. The molecule has 7 rings (SSSR count). The van der Waals surface area contributed by atoms with Crippen molar-refractivity contribution in [3.63, 3.8) is 0 Å². The zero-order chi connectivity index (χ0) is 27.4. The maximum absolute atomic E-state index is 14.3. The number of fused-ring (bicyclic) bond motifs is 4. The molecular formula is C32H28BrFN2O3. The van der Waals surface area contributed by atoms with Gasteiger partial charge in [-0.2, -0.15) is 0 Å². The average molecular weight is 587 g/mol. The summed E-state index contributed by atoms with van der Waals surface area (Å²) < 4.78 is 14.7. The second-order valence-electron chi connectivity index (χ2n) is 11.0. The van der Waals surface area contributed by atoms with E-state index < -0.39 is 16.9 Å². The Morgan fingerprint density at radius 3 is 2.36 bits per heavy atom. The Balaban J connectivity index is 1.46. The molecule has 1 heterocycles. The van der Waals surface area contributed by atoms with Crippen LogP contribution in [0.2, 0.25) is 0 Å². The van der Waals surface area contributed by atoms with Gasteiger partial charge in [0.15, 0.2) is 0 Å². The summed E-state index contributed by atoms with van der Waals surface area (Å²) in [6, 6.07) is 21.8. The minimum Gasteiger partial charge on any atom is -0.481 e. The average Bonchev–Trinajstić information content (AvgIpc) is 2.94. The number of amides is 1. The van der Waals surface area contributed by atoms with Gasteiger partial charge in [0.25, 0.3) is 5.91 Å². The highest BCUT2D eigenvalue weighted by Gasteiger charge is 2.58. The predicted molar refractivity (Wildman–Crippen MR) is 152 cm³/mol. The number of aliphatic carboxylic acids is 1. The van der Waals surface area contributed by atoms with Crippen molar-refractivity contribution in [1.29, 1.82) is 0 Å². The van der Waals surface area contributed by atoms with Gasteiger partial charge in [-0.25, -0.2) is 9.37 Å². The summed E-state index contributed by atoms with van der Waals surface area (Å²) in [5, 5.41) is 14.3. The Morgan fingerprint density at radius 1 is 1.00 bits per heavy atom. The first-order valence-corrected chi connectivity index (χ1v) is 14.0. The van der Waals surface area contributed by atoms with Gasteiger partial charge in [0.1, 0.15) is 5.82 Å². The summed E-state index contributed by atoms with van der Waals surface area (Å²) in [6.07, 6.45) is 2.49.